The lowest BCUT2D eigenvalue weighted by Gasteiger charge is -2.18. The van der Waals surface area contributed by atoms with E-state index >= 15 is 0 Å². The molecule has 0 aliphatic heterocycles. The number of likely N-dealkylation sites (N-methyl/N-ethyl adjacent to an activating group) is 1. The van der Waals surface area contributed by atoms with Gasteiger partial charge in [-0.15, -0.1) is 0 Å². The number of benzene rings is 2. The molecular formula is C22H23NO6. The molecule has 2 aromatic carbocycles. The molecule has 0 spiro atoms. The fraction of sp³-hybridized carbons (Fsp3) is 0.273. The summed E-state index contributed by atoms with van der Waals surface area (Å²) in [5, 5.41) is 0.808. The Bertz CT molecular complexity index is 1010. The average Bonchev–Trinajstić information content (AvgIpc) is 3.14. The normalized spacial score (nSPS) is 10.6. The predicted molar refractivity (Wildman–Crippen MR) is 107 cm³/mol. The number of carbonyl (C=O) groups excluding carboxylic acids is 2. The van der Waals surface area contributed by atoms with Crippen LogP contribution in [-0.2, 0) is 27.3 Å². The maximum absolute atomic E-state index is 12.3. The second kappa shape index (κ2) is 9.14. The van der Waals surface area contributed by atoms with E-state index in [1.807, 2.05) is 30.3 Å². The van der Waals surface area contributed by atoms with E-state index in [2.05, 4.69) is 0 Å². The van der Waals surface area contributed by atoms with Crippen molar-refractivity contribution in [2.45, 2.75) is 13.0 Å². The van der Waals surface area contributed by atoms with Crippen LogP contribution in [0.5, 0.6) is 11.5 Å². The minimum Gasteiger partial charge on any atom is -0.497 e. The molecule has 0 atom stereocenters. The molecule has 0 N–H and O–H groups in total. The lowest BCUT2D eigenvalue weighted by molar-refractivity contribution is -0.151. The second-order valence-electron chi connectivity index (χ2n) is 6.52. The summed E-state index contributed by atoms with van der Waals surface area (Å²) in [4.78, 5) is 26.0. The Morgan fingerprint density at radius 1 is 1.03 bits per heavy atom. The van der Waals surface area contributed by atoms with E-state index in [1.54, 1.807) is 33.4 Å². The van der Waals surface area contributed by atoms with Crippen LogP contribution < -0.4 is 9.47 Å². The summed E-state index contributed by atoms with van der Waals surface area (Å²) in [5.74, 6) is 0.575. The first-order valence-corrected chi connectivity index (χ1v) is 9.07. The SMILES string of the molecule is COc1ccc2c(CC(=O)OCC(=O)N(C)Cc3ccccc3OC)coc2c1. The number of carbonyl (C=O) groups is 2. The highest BCUT2D eigenvalue weighted by Gasteiger charge is 2.16. The number of ether oxygens (including phenoxy) is 3. The summed E-state index contributed by atoms with van der Waals surface area (Å²) in [6, 6.07) is 12.8. The molecule has 0 aliphatic carbocycles. The van der Waals surface area contributed by atoms with Crippen LogP contribution in [0.15, 0.2) is 53.1 Å². The molecule has 0 unspecified atom stereocenters. The largest absolute Gasteiger partial charge is 0.497 e. The molecule has 3 aromatic rings. The molecule has 0 aliphatic rings. The van der Waals surface area contributed by atoms with Gasteiger partial charge in [-0.2, -0.15) is 0 Å². The van der Waals surface area contributed by atoms with E-state index < -0.39 is 5.97 Å². The standard InChI is InChI=1S/C22H23NO6/c1-23(12-15-6-4-5-7-19(15)27-3)21(24)14-29-22(25)10-16-13-28-20-11-17(26-2)8-9-18(16)20/h4-9,11,13H,10,12,14H2,1-3H3. The van der Waals surface area contributed by atoms with Crippen LogP contribution >= 0.6 is 0 Å². The van der Waals surface area contributed by atoms with Gasteiger partial charge in [-0.3, -0.25) is 9.59 Å². The van der Waals surface area contributed by atoms with Crippen molar-refractivity contribution < 1.29 is 28.2 Å². The molecule has 152 valence electrons. The van der Waals surface area contributed by atoms with Crippen molar-refractivity contribution in [1.82, 2.24) is 4.90 Å². The maximum atomic E-state index is 12.3. The molecule has 7 heteroatoms. The monoisotopic (exact) mass is 397 g/mol. The Kier molecular flexibility index (Phi) is 6.39. The zero-order valence-corrected chi connectivity index (χ0v) is 16.6. The zero-order valence-electron chi connectivity index (χ0n) is 16.6. The van der Waals surface area contributed by atoms with Gasteiger partial charge in [0.25, 0.3) is 5.91 Å². The number of rotatable bonds is 8. The summed E-state index contributed by atoms with van der Waals surface area (Å²) in [7, 11) is 4.81. The van der Waals surface area contributed by atoms with Crippen molar-refractivity contribution in [3.05, 3.63) is 59.9 Å². The highest BCUT2D eigenvalue weighted by Crippen LogP contribution is 2.26. The Morgan fingerprint density at radius 3 is 2.59 bits per heavy atom. The Labute approximate surface area is 168 Å². The molecule has 0 saturated carbocycles. The number of fused-ring (bicyclic) bond motifs is 1. The van der Waals surface area contributed by atoms with Crippen molar-refractivity contribution in [2.75, 3.05) is 27.9 Å². The van der Waals surface area contributed by atoms with E-state index in [0.29, 0.717) is 29.2 Å². The molecule has 1 aromatic heterocycles. The first kappa shape index (κ1) is 20.3. The Balaban J connectivity index is 1.54. The topological polar surface area (TPSA) is 78.2 Å². The quantitative estimate of drug-likeness (QED) is 0.543. The number of hydrogen-bond donors (Lipinski definition) is 0. The highest BCUT2D eigenvalue weighted by molar-refractivity contribution is 5.87. The zero-order chi connectivity index (χ0) is 20.8. The van der Waals surface area contributed by atoms with Crippen LogP contribution in [0.2, 0.25) is 0 Å². The smallest absolute Gasteiger partial charge is 0.310 e. The number of furan rings is 1. The lowest BCUT2D eigenvalue weighted by atomic mass is 10.1. The Morgan fingerprint density at radius 2 is 1.83 bits per heavy atom. The summed E-state index contributed by atoms with van der Waals surface area (Å²) >= 11 is 0. The summed E-state index contributed by atoms with van der Waals surface area (Å²) < 4.78 is 21.1. The molecule has 0 saturated heterocycles. The average molecular weight is 397 g/mol. The number of hydrogen-bond acceptors (Lipinski definition) is 6. The van der Waals surface area contributed by atoms with Gasteiger partial charge in [-0.1, -0.05) is 18.2 Å². The molecule has 3 rings (SSSR count). The van der Waals surface area contributed by atoms with Crippen molar-refractivity contribution >= 4 is 22.8 Å². The third-order valence-electron chi connectivity index (χ3n) is 4.58. The summed E-state index contributed by atoms with van der Waals surface area (Å²) in [6.07, 6.45) is 1.53. The lowest BCUT2D eigenvalue weighted by Crippen LogP contribution is -2.31. The van der Waals surface area contributed by atoms with Gasteiger partial charge in [0.2, 0.25) is 0 Å². The van der Waals surface area contributed by atoms with Crippen molar-refractivity contribution in [2.24, 2.45) is 0 Å². The van der Waals surface area contributed by atoms with E-state index in [0.717, 1.165) is 10.9 Å². The van der Waals surface area contributed by atoms with Gasteiger partial charge in [0.1, 0.15) is 17.1 Å². The minimum atomic E-state index is -0.498. The number of esters is 1. The van der Waals surface area contributed by atoms with Gasteiger partial charge >= 0.3 is 5.97 Å². The van der Waals surface area contributed by atoms with Crippen LogP contribution in [0.3, 0.4) is 0 Å². The number of nitrogens with zero attached hydrogens (tertiary/aromatic N) is 1. The molecule has 1 amide bonds. The van der Waals surface area contributed by atoms with Crippen LogP contribution in [0, 0.1) is 0 Å². The maximum Gasteiger partial charge on any atom is 0.310 e. The van der Waals surface area contributed by atoms with Gasteiger partial charge in [0.05, 0.1) is 26.9 Å². The number of para-hydroxylation sites is 1. The van der Waals surface area contributed by atoms with E-state index in [4.69, 9.17) is 18.6 Å². The molecule has 0 fully saturated rings. The fourth-order valence-electron chi connectivity index (χ4n) is 2.96. The molecular weight excluding hydrogens is 374 g/mol. The molecule has 0 radical (unpaired) electrons. The minimum absolute atomic E-state index is 0.0167. The second-order valence-corrected chi connectivity index (χ2v) is 6.52. The Hall–Kier alpha value is -3.48. The first-order valence-electron chi connectivity index (χ1n) is 9.07. The van der Waals surface area contributed by atoms with E-state index in [1.165, 1.54) is 11.2 Å². The third kappa shape index (κ3) is 4.87. The van der Waals surface area contributed by atoms with E-state index in [9.17, 15) is 9.59 Å². The van der Waals surface area contributed by atoms with Crippen LogP contribution in [0.25, 0.3) is 11.0 Å². The number of amides is 1. The van der Waals surface area contributed by atoms with Gasteiger partial charge in [-0.25, -0.2) is 0 Å². The van der Waals surface area contributed by atoms with Crippen LogP contribution in [-0.4, -0.2) is 44.7 Å². The van der Waals surface area contributed by atoms with Crippen molar-refractivity contribution in [1.29, 1.82) is 0 Å². The van der Waals surface area contributed by atoms with Gasteiger partial charge in [0.15, 0.2) is 6.61 Å². The molecule has 7 nitrogen and oxygen atoms in total. The van der Waals surface area contributed by atoms with E-state index in [-0.39, 0.29) is 18.9 Å². The van der Waals surface area contributed by atoms with Crippen molar-refractivity contribution in [3.8, 4) is 11.5 Å². The van der Waals surface area contributed by atoms with Crippen LogP contribution in [0.4, 0.5) is 0 Å². The van der Waals surface area contributed by atoms with Gasteiger partial charge in [0, 0.05) is 36.2 Å². The van der Waals surface area contributed by atoms with Gasteiger partial charge in [-0.05, 0) is 18.2 Å². The molecule has 1 heterocycles. The van der Waals surface area contributed by atoms with Gasteiger partial charge < -0.3 is 23.5 Å². The first-order chi connectivity index (χ1) is 14.0. The molecule has 29 heavy (non-hydrogen) atoms. The summed E-state index contributed by atoms with van der Waals surface area (Å²) in [5.41, 5.74) is 2.19. The molecule has 0 bridgehead atoms. The predicted octanol–water partition coefficient (Wildman–Crippen LogP) is 3.19. The highest BCUT2D eigenvalue weighted by atomic mass is 16.5. The summed E-state index contributed by atoms with van der Waals surface area (Å²) in [6.45, 7) is 0.0304. The van der Waals surface area contributed by atoms with Crippen molar-refractivity contribution in [3.63, 3.8) is 0 Å². The fourth-order valence-corrected chi connectivity index (χ4v) is 2.96. The number of methoxy groups -OCH3 is 2. The third-order valence-corrected chi connectivity index (χ3v) is 4.58. The van der Waals surface area contributed by atoms with Crippen LogP contribution in [0.1, 0.15) is 11.1 Å².